The number of pyridine rings is 1. The maximum Gasteiger partial charge on any atom is 0.227 e. The summed E-state index contributed by atoms with van der Waals surface area (Å²) in [6, 6.07) is 9.61. The smallest absolute Gasteiger partial charge is 0.227 e. The molecule has 1 aromatic carbocycles. The summed E-state index contributed by atoms with van der Waals surface area (Å²) in [4.78, 5) is 14.2. The number of para-hydroxylation sites is 1. The van der Waals surface area contributed by atoms with Gasteiger partial charge in [0.05, 0.1) is 11.7 Å². The number of hydrogen-bond donors (Lipinski definition) is 1. The Kier molecular flexibility index (Phi) is 2.69. The van der Waals surface area contributed by atoms with Crippen LogP contribution in [0.1, 0.15) is 5.56 Å². The molecule has 1 amide bonds. The first-order valence-corrected chi connectivity index (χ1v) is 4.48. The second kappa shape index (κ2) is 4.32. The van der Waals surface area contributed by atoms with Crippen LogP contribution in [0, 0.1) is 0 Å². The highest BCUT2D eigenvalue weighted by atomic mass is 16.1. The molecule has 0 aliphatic carbocycles. The number of benzene rings is 1. The normalized spacial score (nSPS) is 10.7. The number of hydrazone groups is 1. The molecule has 0 atom stereocenters. The summed E-state index contributed by atoms with van der Waals surface area (Å²) in [5.41, 5.74) is 4.07. The number of carbonyl (C=O) groups excluding carboxylic acids is 1. The van der Waals surface area contributed by atoms with Crippen LogP contribution in [0.2, 0.25) is 0 Å². The maximum absolute atomic E-state index is 10.0. The Labute approximate surface area is 86.6 Å². The van der Waals surface area contributed by atoms with Gasteiger partial charge in [-0.15, -0.1) is 0 Å². The summed E-state index contributed by atoms with van der Waals surface area (Å²) < 4.78 is 0. The number of hydrogen-bond acceptors (Lipinski definition) is 3. The summed E-state index contributed by atoms with van der Waals surface area (Å²) in [7, 11) is 0. The molecule has 0 aliphatic rings. The largest absolute Gasteiger partial charge is 0.277 e. The van der Waals surface area contributed by atoms with E-state index < -0.39 is 0 Å². The number of aromatic nitrogens is 1. The third kappa shape index (κ3) is 1.99. The maximum atomic E-state index is 10.0. The molecule has 0 spiro atoms. The molecule has 0 fully saturated rings. The van der Waals surface area contributed by atoms with E-state index in [0.29, 0.717) is 6.41 Å². The first-order chi connectivity index (χ1) is 7.42. The fourth-order valence-electron chi connectivity index (χ4n) is 1.37. The van der Waals surface area contributed by atoms with Crippen LogP contribution in [0.3, 0.4) is 0 Å². The standard InChI is InChI=1S/C11H9N3O/c15-8-14-13-7-9-5-6-12-11-4-2-1-3-10(9)11/h1-8H,(H,14,15)/b13-7-. The van der Waals surface area contributed by atoms with Crippen LogP contribution in [0.5, 0.6) is 0 Å². The molecule has 15 heavy (non-hydrogen) atoms. The molecule has 0 saturated carbocycles. The number of fused-ring (bicyclic) bond motifs is 1. The van der Waals surface area contributed by atoms with E-state index in [4.69, 9.17) is 0 Å². The van der Waals surface area contributed by atoms with Crippen molar-refractivity contribution in [2.75, 3.05) is 0 Å². The topological polar surface area (TPSA) is 54.4 Å². The quantitative estimate of drug-likeness (QED) is 0.460. The van der Waals surface area contributed by atoms with Gasteiger partial charge in [-0.05, 0) is 12.1 Å². The van der Waals surface area contributed by atoms with Gasteiger partial charge in [-0.1, -0.05) is 18.2 Å². The van der Waals surface area contributed by atoms with Crippen LogP contribution in [0.4, 0.5) is 0 Å². The van der Waals surface area contributed by atoms with Crippen LogP contribution in [0.25, 0.3) is 10.9 Å². The van der Waals surface area contributed by atoms with Gasteiger partial charge in [0.2, 0.25) is 6.41 Å². The first-order valence-electron chi connectivity index (χ1n) is 4.48. The lowest BCUT2D eigenvalue weighted by molar-refractivity contribution is -0.109. The fraction of sp³-hybridized carbons (Fsp3) is 0. The van der Waals surface area contributed by atoms with Gasteiger partial charge in [-0.2, -0.15) is 5.10 Å². The number of rotatable bonds is 3. The van der Waals surface area contributed by atoms with Crippen molar-refractivity contribution in [3.05, 3.63) is 42.1 Å². The fourth-order valence-corrected chi connectivity index (χ4v) is 1.37. The van der Waals surface area contributed by atoms with E-state index in [9.17, 15) is 4.79 Å². The molecule has 4 heteroatoms. The molecular weight excluding hydrogens is 190 g/mol. The van der Waals surface area contributed by atoms with Gasteiger partial charge in [0, 0.05) is 17.1 Å². The highest BCUT2D eigenvalue weighted by Crippen LogP contribution is 2.13. The predicted octanol–water partition coefficient (Wildman–Crippen LogP) is 1.31. The van der Waals surface area contributed by atoms with Gasteiger partial charge in [0.15, 0.2) is 0 Å². The molecule has 1 N–H and O–H groups in total. The van der Waals surface area contributed by atoms with E-state index in [2.05, 4.69) is 15.5 Å². The Balaban J connectivity index is 2.46. The van der Waals surface area contributed by atoms with Crippen molar-refractivity contribution in [3.63, 3.8) is 0 Å². The molecule has 1 aromatic heterocycles. The van der Waals surface area contributed by atoms with Crippen LogP contribution < -0.4 is 5.43 Å². The monoisotopic (exact) mass is 199 g/mol. The zero-order valence-electron chi connectivity index (χ0n) is 7.92. The molecule has 1 heterocycles. The zero-order chi connectivity index (χ0) is 10.5. The van der Waals surface area contributed by atoms with Gasteiger partial charge >= 0.3 is 0 Å². The highest BCUT2D eigenvalue weighted by Gasteiger charge is 1.97. The van der Waals surface area contributed by atoms with Crippen molar-refractivity contribution >= 4 is 23.5 Å². The molecule has 0 radical (unpaired) electrons. The van der Waals surface area contributed by atoms with Gasteiger partial charge < -0.3 is 0 Å². The molecule has 4 nitrogen and oxygen atoms in total. The van der Waals surface area contributed by atoms with E-state index in [1.165, 1.54) is 0 Å². The van der Waals surface area contributed by atoms with Crippen LogP contribution in [-0.4, -0.2) is 17.6 Å². The minimum atomic E-state index is 0.528. The predicted molar refractivity (Wildman–Crippen MR) is 58.5 cm³/mol. The zero-order valence-corrected chi connectivity index (χ0v) is 7.92. The summed E-state index contributed by atoms with van der Waals surface area (Å²) in [6.07, 6.45) is 3.84. The summed E-state index contributed by atoms with van der Waals surface area (Å²) in [5.74, 6) is 0. The van der Waals surface area contributed by atoms with Crippen molar-refractivity contribution < 1.29 is 4.79 Å². The molecule has 2 aromatic rings. The van der Waals surface area contributed by atoms with Crippen molar-refractivity contribution in [1.29, 1.82) is 0 Å². The number of amides is 1. The lowest BCUT2D eigenvalue weighted by Gasteiger charge is -1.99. The van der Waals surface area contributed by atoms with Crippen LogP contribution in [0.15, 0.2) is 41.6 Å². The van der Waals surface area contributed by atoms with E-state index in [-0.39, 0.29) is 0 Å². The third-order valence-electron chi connectivity index (χ3n) is 2.01. The molecule has 2 rings (SSSR count). The number of nitrogens with one attached hydrogen (secondary N) is 1. The second-order valence-corrected chi connectivity index (χ2v) is 2.92. The first kappa shape index (κ1) is 9.33. The average Bonchev–Trinajstić information content (AvgIpc) is 2.30. The van der Waals surface area contributed by atoms with Gasteiger partial charge in [0.25, 0.3) is 0 Å². The average molecular weight is 199 g/mol. The SMILES string of the molecule is O=CN/N=C\c1ccnc2ccccc12. The van der Waals surface area contributed by atoms with Crippen molar-refractivity contribution in [1.82, 2.24) is 10.4 Å². The van der Waals surface area contributed by atoms with Gasteiger partial charge in [-0.3, -0.25) is 9.78 Å². The van der Waals surface area contributed by atoms with Gasteiger partial charge in [-0.25, -0.2) is 5.43 Å². The van der Waals surface area contributed by atoms with E-state index in [0.717, 1.165) is 16.5 Å². The Hall–Kier alpha value is -2.23. The Morgan fingerprint density at radius 2 is 2.13 bits per heavy atom. The number of carbonyl (C=O) groups is 1. The molecule has 0 saturated heterocycles. The Morgan fingerprint density at radius 1 is 1.27 bits per heavy atom. The summed E-state index contributed by atoms with van der Waals surface area (Å²) >= 11 is 0. The lowest BCUT2D eigenvalue weighted by atomic mass is 10.1. The number of nitrogens with zero attached hydrogens (tertiary/aromatic N) is 2. The highest BCUT2D eigenvalue weighted by molar-refractivity contribution is 5.97. The van der Waals surface area contributed by atoms with Crippen LogP contribution >= 0.6 is 0 Å². The third-order valence-corrected chi connectivity index (χ3v) is 2.01. The van der Waals surface area contributed by atoms with E-state index in [1.54, 1.807) is 12.4 Å². The van der Waals surface area contributed by atoms with Gasteiger partial charge in [0.1, 0.15) is 0 Å². The van der Waals surface area contributed by atoms with E-state index in [1.807, 2.05) is 30.3 Å². The van der Waals surface area contributed by atoms with Crippen molar-refractivity contribution in [2.24, 2.45) is 5.10 Å². The molecule has 0 unspecified atom stereocenters. The van der Waals surface area contributed by atoms with Crippen LogP contribution in [-0.2, 0) is 4.79 Å². The van der Waals surface area contributed by atoms with Crippen molar-refractivity contribution in [3.8, 4) is 0 Å². The molecule has 0 bridgehead atoms. The molecule has 0 aliphatic heterocycles. The lowest BCUT2D eigenvalue weighted by Crippen LogP contribution is -2.00. The minimum absolute atomic E-state index is 0.528. The Morgan fingerprint density at radius 3 is 3.00 bits per heavy atom. The molecule has 74 valence electrons. The Bertz CT molecular complexity index is 503. The van der Waals surface area contributed by atoms with Crippen molar-refractivity contribution in [2.45, 2.75) is 0 Å². The van der Waals surface area contributed by atoms with E-state index >= 15 is 0 Å². The molecular formula is C11H9N3O. The minimum Gasteiger partial charge on any atom is -0.277 e. The summed E-state index contributed by atoms with van der Waals surface area (Å²) in [5, 5.41) is 4.75. The summed E-state index contributed by atoms with van der Waals surface area (Å²) in [6.45, 7) is 0. The second-order valence-electron chi connectivity index (χ2n) is 2.92.